The summed E-state index contributed by atoms with van der Waals surface area (Å²) >= 11 is 1.25. The van der Waals surface area contributed by atoms with Crippen LogP contribution in [0.15, 0.2) is 53.7 Å². The van der Waals surface area contributed by atoms with Gasteiger partial charge in [-0.25, -0.2) is 4.39 Å². The highest BCUT2D eigenvalue weighted by atomic mass is 32.2. The number of anilines is 1. The number of amides is 1. The number of hydrogen-bond donors (Lipinski definition) is 1. The Morgan fingerprint density at radius 2 is 1.93 bits per heavy atom. The summed E-state index contributed by atoms with van der Waals surface area (Å²) in [4.78, 5) is 12.6. The molecule has 1 amide bonds. The van der Waals surface area contributed by atoms with E-state index in [9.17, 15) is 9.18 Å². The molecule has 28 heavy (non-hydrogen) atoms. The lowest BCUT2D eigenvalue weighted by Gasteiger charge is -2.14. The Morgan fingerprint density at radius 1 is 1.21 bits per heavy atom. The molecule has 6 nitrogen and oxygen atoms in total. The molecule has 0 fully saturated rings. The van der Waals surface area contributed by atoms with Gasteiger partial charge in [0.25, 0.3) is 0 Å². The first-order chi connectivity index (χ1) is 13.5. The van der Waals surface area contributed by atoms with Crippen molar-refractivity contribution in [1.29, 1.82) is 0 Å². The summed E-state index contributed by atoms with van der Waals surface area (Å²) in [5.41, 5.74) is 0.985. The van der Waals surface area contributed by atoms with Gasteiger partial charge in [0.15, 0.2) is 11.0 Å². The fraction of sp³-hybridized carbons (Fsp3) is 0.250. The van der Waals surface area contributed by atoms with Crippen molar-refractivity contribution < 1.29 is 13.9 Å². The van der Waals surface area contributed by atoms with E-state index in [-0.39, 0.29) is 11.7 Å². The summed E-state index contributed by atoms with van der Waals surface area (Å²) in [6.07, 6.45) is 0. The Labute approximate surface area is 167 Å². The van der Waals surface area contributed by atoms with Gasteiger partial charge in [0.05, 0.1) is 23.1 Å². The monoisotopic (exact) mass is 400 g/mol. The third-order valence-electron chi connectivity index (χ3n) is 4.05. The van der Waals surface area contributed by atoms with Gasteiger partial charge in [-0.2, -0.15) is 0 Å². The van der Waals surface area contributed by atoms with Crippen LogP contribution in [0.5, 0.6) is 5.75 Å². The van der Waals surface area contributed by atoms with Crippen molar-refractivity contribution in [1.82, 2.24) is 14.8 Å². The van der Waals surface area contributed by atoms with Crippen LogP contribution in [0.4, 0.5) is 10.1 Å². The second kappa shape index (κ2) is 8.88. The summed E-state index contributed by atoms with van der Waals surface area (Å²) < 4.78 is 21.3. The smallest absolute Gasteiger partial charge is 0.237 e. The van der Waals surface area contributed by atoms with Gasteiger partial charge in [0.2, 0.25) is 5.91 Å². The maximum atomic E-state index is 14.0. The van der Waals surface area contributed by atoms with E-state index in [0.29, 0.717) is 34.6 Å². The van der Waals surface area contributed by atoms with Crippen molar-refractivity contribution in [3.63, 3.8) is 0 Å². The lowest BCUT2D eigenvalue weighted by molar-refractivity contribution is -0.115. The van der Waals surface area contributed by atoms with Crippen LogP contribution in [0.1, 0.15) is 13.8 Å². The highest BCUT2D eigenvalue weighted by Gasteiger charge is 2.21. The summed E-state index contributed by atoms with van der Waals surface area (Å²) in [5, 5.41) is 11.2. The molecule has 0 spiro atoms. The van der Waals surface area contributed by atoms with Gasteiger partial charge in [-0.15, -0.1) is 10.2 Å². The number of hydrogen-bond acceptors (Lipinski definition) is 5. The van der Waals surface area contributed by atoms with E-state index in [1.165, 1.54) is 17.8 Å². The molecule has 0 aliphatic carbocycles. The Morgan fingerprint density at radius 3 is 2.68 bits per heavy atom. The van der Waals surface area contributed by atoms with Gasteiger partial charge in [0, 0.05) is 7.05 Å². The van der Waals surface area contributed by atoms with Crippen molar-refractivity contribution in [3.05, 3.63) is 54.3 Å². The molecule has 0 bridgehead atoms. The molecule has 1 aromatic heterocycles. The van der Waals surface area contributed by atoms with Gasteiger partial charge in [-0.1, -0.05) is 36.0 Å². The number of ether oxygens (including phenoxy) is 1. The minimum atomic E-state index is -0.439. The number of halogens is 1. The highest BCUT2D eigenvalue weighted by Crippen LogP contribution is 2.29. The van der Waals surface area contributed by atoms with E-state index in [0.717, 1.165) is 0 Å². The molecule has 146 valence electrons. The molecule has 0 saturated heterocycles. The van der Waals surface area contributed by atoms with E-state index in [1.807, 2.05) is 19.1 Å². The van der Waals surface area contributed by atoms with Crippen molar-refractivity contribution in [3.8, 4) is 17.1 Å². The minimum Gasteiger partial charge on any atom is -0.492 e. The largest absolute Gasteiger partial charge is 0.492 e. The maximum absolute atomic E-state index is 14.0. The predicted octanol–water partition coefficient (Wildman–Crippen LogP) is 4.14. The topological polar surface area (TPSA) is 69.0 Å². The molecule has 2 aromatic carbocycles. The summed E-state index contributed by atoms with van der Waals surface area (Å²) in [6, 6.07) is 13.7. The van der Waals surface area contributed by atoms with E-state index >= 15 is 0 Å². The maximum Gasteiger partial charge on any atom is 0.237 e. The zero-order valence-electron chi connectivity index (χ0n) is 15.8. The Kier molecular flexibility index (Phi) is 6.30. The SMILES string of the molecule is CCOc1ccccc1NC(=O)[C@H](C)Sc1nnc(-c2ccccc2F)n1C. The molecule has 0 saturated carbocycles. The fourth-order valence-corrected chi connectivity index (χ4v) is 3.41. The van der Waals surface area contributed by atoms with Crippen molar-refractivity contribution in [2.75, 3.05) is 11.9 Å². The number of rotatable bonds is 7. The zero-order valence-corrected chi connectivity index (χ0v) is 16.7. The molecular weight excluding hydrogens is 379 g/mol. The molecule has 0 radical (unpaired) electrons. The standard InChI is InChI=1S/C20H21FN4O2S/c1-4-27-17-12-8-7-11-16(17)22-19(26)13(2)28-20-24-23-18(25(20)3)14-9-5-6-10-15(14)21/h5-13H,4H2,1-3H3,(H,22,26)/t13-/m0/s1. The van der Waals surface area contributed by atoms with Gasteiger partial charge in [0.1, 0.15) is 11.6 Å². The second-order valence-electron chi connectivity index (χ2n) is 6.02. The molecular formula is C20H21FN4O2S. The first-order valence-electron chi connectivity index (χ1n) is 8.85. The molecule has 8 heteroatoms. The number of nitrogens with one attached hydrogen (secondary N) is 1. The van der Waals surface area contributed by atoms with Gasteiger partial charge >= 0.3 is 0 Å². The van der Waals surface area contributed by atoms with Crippen LogP contribution >= 0.6 is 11.8 Å². The van der Waals surface area contributed by atoms with Crippen LogP contribution in [0.3, 0.4) is 0 Å². The molecule has 0 aliphatic heterocycles. The van der Waals surface area contributed by atoms with Crippen LogP contribution in [0.2, 0.25) is 0 Å². The predicted molar refractivity (Wildman–Crippen MR) is 108 cm³/mol. The van der Waals surface area contributed by atoms with E-state index in [1.54, 1.807) is 48.9 Å². The molecule has 1 heterocycles. The van der Waals surface area contributed by atoms with Crippen molar-refractivity contribution >= 4 is 23.4 Å². The number of carbonyl (C=O) groups is 1. The first-order valence-corrected chi connectivity index (χ1v) is 9.72. The van der Waals surface area contributed by atoms with Crippen molar-refractivity contribution in [2.24, 2.45) is 7.05 Å². The first kappa shape index (κ1) is 19.9. The number of thioether (sulfide) groups is 1. The lowest BCUT2D eigenvalue weighted by Crippen LogP contribution is -2.23. The number of para-hydroxylation sites is 2. The van der Waals surface area contributed by atoms with Crippen LogP contribution in [-0.4, -0.2) is 32.5 Å². The van der Waals surface area contributed by atoms with Crippen molar-refractivity contribution in [2.45, 2.75) is 24.3 Å². The Bertz CT molecular complexity index is 976. The summed E-state index contributed by atoms with van der Waals surface area (Å²) in [5.74, 6) is 0.478. The average molecular weight is 400 g/mol. The normalized spacial score (nSPS) is 11.9. The molecule has 1 N–H and O–H groups in total. The van der Waals surface area contributed by atoms with Crippen LogP contribution < -0.4 is 10.1 Å². The second-order valence-corrected chi connectivity index (χ2v) is 7.33. The lowest BCUT2D eigenvalue weighted by atomic mass is 10.2. The zero-order chi connectivity index (χ0) is 20.1. The van der Waals surface area contributed by atoms with Crippen LogP contribution in [-0.2, 0) is 11.8 Å². The minimum absolute atomic E-state index is 0.187. The Balaban J connectivity index is 1.72. The third kappa shape index (κ3) is 4.33. The summed E-state index contributed by atoms with van der Waals surface area (Å²) in [6.45, 7) is 4.17. The van der Waals surface area contributed by atoms with Gasteiger partial charge < -0.3 is 14.6 Å². The number of nitrogens with zero attached hydrogens (tertiary/aromatic N) is 3. The summed E-state index contributed by atoms with van der Waals surface area (Å²) in [7, 11) is 1.75. The van der Waals surface area contributed by atoms with E-state index in [2.05, 4.69) is 15.5 Å². The quantitative estimate of drug-likeness (QED) is 0.604. The van der Waals surface area contributed by atoms with Gasteiger partial charge in [-0.3, -0.25) is 4.79 Å². The van der Waals surface area contributed by atoms with E-state index < -0.39 is 5.25 Å². The average Bonchev–Trinajstić information content (AvgIpc) is 3.04. The van der Waals surface area contributed by atoms with Gasteiger partial charge in [-0.05, 0) is 38.1 Å². The van der Waals surface area contributed by atoms with E-state index in [4.69, 9.17) is 4.74 Å². The molecule has 3 aromatic rings. The molecule has 3 rings (SSSR count). The van der Waals surface area contributed by atoms with Crippen LogP contribution in [0, 0.1) is 5.82 Å². The Hall–Kier alpha value is -2.87. The molecule has 0 aliphatic rings. The van der Waals surface area contributed by atoms with Crippen LogP contribution in [0.25, 0.3) is 11.4 Å². The highest BCUT2D eigenvalue weighted by molar-refractivity contribution is 8.00. The number of aromatic nitrogens is 3. The third-order valence-corrected chi connectivity index (χ3v) is 5.18. The number of benzene rings is 2. The molecule has 0 unspecified atom stereocenters. The molecule has 1 atom stereocenters. The fourth-order valence-electron chi connectivity index (χ4n) is 2.59. The number of carbonyl (C=O) groups excluding carboxylic acids is 1.